The number of nitrogens with one attached hydrogen (secondary N) is 1. The van der Waals surface area contributed by atoms with Gasteiger partial charge in [0.25, 0.3) is 0 Å². The van der Waals surface area contributed by atoms with E-state index in [1.54, 1.807) is 33.1 Å². The third kappa shape index (κ3) is 9.19. The molecule has 0 aliphatic rings. The predicted molar refractivity (Wildman–Crippen MR) is 94.3 cm³/mol. The fourth-order valence-electron chi connectivity index (χ4n) is 1.88. The lowest BCUT2D eigenvalue weighted by Crippen LogP contribution is -2.44. The van der Waals surface area contributed by atoms with Gasteiger partial charge in [0.1, 0.15) is 11.4 Å². The molecule has 1 amide bonds. The number of Topliss-reactive ketones (excluding diaryl/α,β-unsaturated/α-hetero) is 1. The lowest BCUT2D eigenvalue weighted by atomic mass is 10.1. The van der Waals surface area contributed by atoms with Crippen LogP contribution in [0.3, 0.4) is 0 Å². The third-order valence-corrected chi connectivity index (χ3v) is 3.99. The van der Waals surface area contributed by atoms with Gasteiger partial charge in [0.05, 0.1) is 30.9 Å². The van der Waals surface area contributed by atoms with Crippen molar-refractivity contribution < 1.29 is 28.3 Å². The largest absolute Gasteiger partial charge is 0.469 e. The normalized spacial score (nSPS) is 12.3. The van der Waals surface area contributed by atoms with Gasteiger partial charge in [-0.1, -0.05) is 0 Å². The molecule has 8 heteroatoms. The summed E-state index contributed by atoms with van der Waals surface area (Å²) >= 11 is 1.38. The first-order valence-corrected chi connectivity index (χ1v) is 9.06. The van der Waals surface area contributed by atoms with Crippen LogP contribution in [0.5, 0.6) is 0 Å². The minimum Gasteiger partial charge on any atom is -0.469 e. The van der Waals surface area contributed by atoms with Crippen molar-refractivity contribution in [3.8, 4) is 0 Å². The van der Waals surface area contributed by atoms with Gasteiger partial charge in [-0.15, -0.1) is 11.8 Å². The molecule has 1 atom stereocenters. The predicted octanol–water partition coefficient (Wildman–Crippen LogP) is 2.93. The zero-order valence-corrected chi connectivity index (χ0v) is 15.8. The number of hydrogen-bond acceptors (Lipinski definition) is 7. The molecule has 140 valence electrons. The van der Waals surface area contributed by atoms with Crippen molar-refractivity contribution >= 4 is 29.6 Å². The molecule has 0 unspecified atom stereocenters. The fourth-order valence-corrected chi connectivity index (χ4v) is 2.75. The van der Waals surface area contributed by atoms with Gasteiger partial charge in [0.15, 0.2) is 5.78 Å². The summed E-state index contributed by atoms with van der Waals surface area (Å²) in [5, 5.41) is 2.54. The molecule has 0 fully saturated rings. The third-order valence-electron chi connectivity index (χ3n) is 3.01. The standard InChI is InChI=1S/C17H25NO6S/c1-17(2,3)24-16(21)18-13(7-8-15(20)22-4)14(19)11-25-10-12-6-5-9-23-12/h5-6,9,13H,7-8,10-11H2,1-4H3,(H,18,21)/t13-/m0/s1. The van der Waals surface area contributed by atoms with E-state index in [2.05, 4.69) is 10.1 Å². The average molecular weight is 371 g/mol. The number of carbonyl (C=O) groups excluding carboxylic acids is 3. The summed E-state index contributed by atoms with van der Waals surface area (Å²) in [5.41, 5.74) is -0.673. The van der Waals surface area contributed by atoms with Crippen molar-refractivity contribution in [1.29, 1.82) is 0 Å². The maximum atomic E-state index is 12.4. The highest BCUT2D eigenvalue weighted by Crippen LogP contribution is 2.15. The molecule has 0 spiro atoms. The lowest BCUT2D eigenvalue weighted by Gasteiger charge is -2.23. The summed E-state index contributed by atoms with van der Waals surface area (Å²) in [6.45, 7) is 5.20. The summed E-state index contributed by atoms with van der Waals surface area (Å²) in [6.07, 6.45) is 1.07. The van der Waals surface area contributed by atoms with Crippen LogP contribution in [-0.4, -0.2) is 42.4 Å². The van der Waals surface area contributed by atoms with Gasteiger partial charge in [-0.25, -0.2) is 4.79 Å². The van der Waals surface area contributed by atoms with E-state index < -0.39 is 23.7 Å². The molecule has 25 heavy (non-hydrogen) atoms. The maximum Gasteiger partial charge on any atom is 0.408 e. The Morgan fingerprint density at radius 3 is 2.60 bits per heavy atom. The first-order valence-electron chi connectivity index (χ1n) is 7.90. The number of ketones is 1. The van der Waals surface area contributed by atoms with Crippen molar-refractivity contribution in [2.45, 2.75) is 51.0 Å². The molecule has 7 nitrogen and oxygen atoms in total. The monoisotopic (exact) mass is 371 g/mol. The highest BCUT2D eigenvalue weighted by Gasteiger charge is 2.25. The van der Waals surface area contributed by atoms with Crippen LogP contribution in [0.25, 0.3) is 0 Å². The quantitative estimate of drug-likeness (QED) is 0.667. The second-order valence-corrected chi connectivity index (χ2v) is 7.34. The Hall–Kier alpha value is -1.96. The molecule has 1 aromatic rings. The zero-order valence-electron chi connectivity index (χ0n) is 15.0. The van der Waals surface area contributed by atoms with Crippen LogP contribution in [0.1, 0.15) is 39.4 Å². The molecule has 0 aliphatic heterocycles. The Balaban J connectivity index is 2.56. The van der Waals surface area contributed by atoms with Crippen LogP contribution >= 0.6 is 11.8 Å². The van der Waals surface area contributed by atoms with Crippen LogP contribution in [0.15, 0.2) is 22.8 Å². The zero-order chi connectivity index (χ0) is 18.9. The van der Waals surface area contributed by atoms with Crippen molar-refractivity contribution in [2.75, 3.05) is 12.9 Å². The Kier molecular flexibility index (Phi) is 8.54. The minimum atomic E-state index is -0.807. The van der Waals surface area contributed by atoms with E-state index >= 15 is 0 Å². The molecule has 1 aromatic heterocycles. The van der Waals surface area contributed by atoms with Crippen LogP contribution in [0, 0.1) is 0 Å². The molecule has 0 bridgehead atoms. The second kappa shape index (κ2) is 10.1. The molecule has 1 N–H and O–H groups in total. The number of ether oxygens (including phenoxy) is 2. The number of esters is 1. The van der Waals surface area contributed by atoms with Crippen LogP contribution in [-0.2, 0) is 24.8 Å². The van der Waals surface area contributed by atoms with Crippen molar-refractivity contribution in [1.82, 2.24) is 5.32 Å². The van der Waals surface area contributed by atoms with E-state index in [1.807, 2.05) is 6.07 Å². The van der Waals surface area contributed by atoms with E-state index in [9.17, 15) is 14.4 Å². The average Bonchev–Trinajstić information content (AvgIpc) is 3.02. The van der Waals surface area contributed by atoms with E-state index in [1.165, 1.54) is 18.9 Å². The van der Waals surface area contributed by atoms with Gasteiger partial charge in [-0.3, -0.25) is 9.59 Å². The first-order chi connectivity index (χ1) is 11.7. The fraction of sp³-hybridized carbons (Fsp3) is 0.588. The molecule has 1 rings (SSSR count). The molecule has 1 heterocycles. The van der Waals surface area contributed by atoms with Gasteiger partial charge in [-0.2, -0.15) is 0 Å². The minimum absolute atomic E-state index is 0.0333. The summed E-state index contributed by atoms with van der Waals surface area (Å²) in [5.74, 6) is 0.874. The SMILES string of the molecule is COC(=O)CC[C@H](NC(=O)OC(C)(C)C)C(=O)CSCc1ccco1. The molecule has 0 saturated heterocycles. The van der Waals surface area contributed by atoms with Gasteiger partial charge in [-0.05, 0) is 39.3 Å². The Morgan fingerprint density at radius 1 is 1.32 bits per heavy atom. The van der Waals surface area contributed by atoms with Crippen LogP contribution < -0.4 is 5.32 Å². The van der Waals surface area contributed by atoms with Crippen LogP contribution in [0.2, 0.25) is 0 Å². The van der Waals surface area contributed by atoms with E-state index in [-0.39, 0.29) is 24.4 Å². The van der Waals surface area contributed by atoms with Gasteiger partial charge in [0, 0.05) is 6.42 Å². The number of methoxy groups -OCH3 is 1. The molecule has 0 aliphatic carbocycles. The maximum absolute atomic E-state index is 12.4. The van der Waals surface area contributed by atoms with Gasteiger partial charge < -0.3 is 19.2 Å². The van der Waals surface area contributed by atoms with Crippen LogP contribution in [0.4, 0.5) is 4.79 Å². The van der Waals surface area contributed by atoms with E-state index in [4.69, 9.17) is 9.15 Å². The van der Waals surface area contributed by atoms with E-state index in [0.717, 1.165) is 5.76 Å². The number of furan rings is 1. The Morgan fingerprint density at radius 2 is 2.04 bits per heavy atom. The number of thioether (sulfide) groups is 1. The van der Waals surface area contributed by atoms with Crippen molar-refractivity contribution in [3.63, 3.8) is 0 Å². The summed E-state index contributed by atoms with van der Waals surface area (Å²) in [7, 11) is 1.28. The number of carbonyl (C=O) groups is 3. The smallest absolute Gasteiger partial charge is 0.408 e. The molecule has 0 aromatic carbocycles. The Bertz CT molecular complexity index is 564. The second-order valence-electron chi connectivity index (χ2n) is 6.35. The number of amides is 1. The van der Waals surface area contributed by atoms with Crippen molar-refractivity contribution in [2.24, 2.45) is 0 Å². The van der Waals surface area contributed by atoms with Gasteiger partial charge in [0.2, 0.25) is 0 Å². The van der Waals surface area contributed by atoms with E-state index in [0.29, 0.717) is 5.75 Å². The van der Waals surface area contributed by atoms with Gasteiger partial charge >= 0.3 is 12.1 Å². The highest BCUT2D eigenvalue weighted by molar-refractivity contribution is 7.99. The molecular weight excluding hydrogens is 346 g/mol. The van der Waals surface area contributed by atoms with Crippen molar-refractivity contribution in [3.05, 3.63) is 24.2 Å². The highest BCUT2D eigenvalue weighted by atomic mass is 32.2. The molecule has 0 radical (unpaired) electrons. The number of alkyl carbamates (subject to hydrolysis) is 1. The topological polar surface area (TPSA) is 94.8 Å². The molecular formula is C17H25NO6S. The Labute approximate surface area is 151 Å². The summed E-state index contributed by atoms with van der Waals surface area (Å²) in [4.78, 5) is 35.7. The summed E-state index contributed by atoms with van der Waals surface area (Å²) < 4.78 is 15.0. The lowest BCUT2D eigenvalue weighted by molar-refractivity contribution is -0.140. The number of hydrogen-bond donors (Lipinski definition) is 1. The number of rotatable bonds is 9. The first kappa shape index (κ1) is 21.1. The molecule has 0 saturated carbocycles. The summed E-state index contributed by atoms with van der Waals surface area (Å²) in [6, 6.07) is 2.80.